The Kier molecular flexibility index (Phi) is 6.04. The van der Waals surface area contributed by atoms with E-state index in [9.17, 15) is 9.90 Å². The van der Waals surface area contributed by atoms with Crippen molar-refractivity contribution in [3.05, 3.63) is 33.4 Å². The van der Waals surface area contributed by atoms with Crippen molar-refractivity contribution >= 4 is 33.5 Å². The van der Waals surface area contributed by atoms with Gasteiger partial charge in [-0.15, -0.1) is 0 Å². The molecule has 2 rings (SSSR count). The number of ether oxygens (including phenoxy) is 2. The van der Waals surface area contributed by atoms with Gasteiger partial charge in [0.1, 0.15) is 10.8 Å². The third kappa shape index (κ3) is 3.68. The number of hydrogen-bond acceptors (Lipinski definition) is 5. The lowest BCUT2D eigenvalue weighted by Crippen LogP contribution is -2.09. The number of rotatable bonds is 6. The summed E-state index contributed by atoms with van der Waals surface area (Å²) in [6.45, 7) is 1.97. The van der Waals surface area contributed by atoms with Crippen LogP contribution < -0.4 is 4.74 Å². The van der Waals surface area contributed by atoms with Gasteiger partial charge in [0.05, 0.1) is 32.6 Å². The van der Waals surface area contributed by atoms with Crippen LogP contribution in [-0.4, -0.2) is 41.2 Å². The molecule has 0 fully saturated rings. The predicted molar refractivity (Wildman–Crippen MR) is 90.0 cm³/mol. The third-order valence-corrected chi connectivity index (χ3v) is 3.95. The fraction of sp³-hybridized carbons (Fsp3) is 0.333. The van der Waals surface area contributed by atoms with Crippen molar-refractivity contribution in [3.8, 4) is 17.0 Å². The molecule has 0 bridgehead atoms. The van der Waals surface area contributed by atoms with Gasteiger partial charge in [-0.2, -0.15) is 5.10 Å². The van der Waals surface area contributed by atoms with E-state index in [1.807, 2.05) is 6.07 Å². The average molecular weight is 404 g/mol. The van der Waals surface area contributed by atoms with Crippen LogP contribution in [0.15, 0.2) is 22.7 Å². The molecular weight excluding hydrogens is 388 g/mol. The molecule has 0 aliphatic rings. The molecule has 1 aromatic heterocycles. The monoisotopic (exact) mass is 402 g/mol. The summed E-state index contributed by atoms with van der Waals surface area (Å²) in [5.41, 5.74) is 1.17. The number of carbonyl (C=O) groups is 1. The fourth-order valence-corrected chi connectivity index (χ4v) is 2.80. The van der Waals surface area contributed by atoms with Gasteiger partial charge in [-0.25, -0.2) is 4.79 Å². The van der Waals surface area contributed by atoms with Crippen LogP contribution in [0.25, 0.3) is 11.3 Å². The SMILES string of the molecule is CCOC(=O)c1nn(CCO)c(-c2ccc(Br)cc2OC)c1Cl. The number of aromatic nitrogens is 2. The summed E-state index contributed by atoms with van der Waals surface area (Å²) in [5, 5.41) is 13.6. The number of carbonyl (C=O) groups excluding carboxylic acids is 1. The van der Waals surface area contributed by atoms with Gasteiger partial charge in [-0.3, -0.25) is 4.68 Å². The second kappa shape index (κ2) is 7.81. The van der Waals surface area contributed by atoms with Gasteiger partial charge in [0.15, 0.2) is 5.69 Å². The number of hydrogen-bond donors (Lipinski definition) is 1. The van der Waals surface area contributed by atoms with Crippen molar-refractivity contribution in [2.24, 2.45) is 0 Å². The van der Waals surface area contributed by atoms with Crippen molar-refractivity contribution in [1.82, 2.24) is 9.78 Å². The Morgan fingerprint density at radius 1 is 1.48 bits per heavy atom. The minimum Gasteiger partial charge on any atom is -0.496 e. The second-order valence-electron chi connectivity index (χ2n) is 4.52. The summed E-state index contributed by atoms with van der Waals surface area (Å²) in [5.74, 6) is -0.0395. The molecule has 23 heavy (non-hydrogen) atoms. The lowest BCUT2D eigenvalue weighted by atomic mass is 10.1. The maximum Gasteiger partial charge on any atom is 0.360 e. The fourth-order valence-electron chi connectivity index (χ4n) is 2.14. The van der Waals surface area contributed by atoms with Crippen LogP contribution in [0.2, 0.25) is 5.02 Å². The largest absolute Gasteiger partial charge is 0.496 e. The van der Waals surface area contributed by atoms with Gasteiger partial charge in [-0.05, 0) is 25.1 Å². The van der Waals surface area contributed by atoms with Gasteiger partial charge in [0.2, 0.25) is 0 Å². The first-order valence-corrected chi connectivity index (χ1v) is 8.08. The average Bonchev–Trinajstić information content (AvgIpc) is 2.84. The maximum absolute atomic E-state index is 12.0. The van der Waals surface area contributed by atoms with E-state index in [1.54, 1.807) is 19.1 Å². The highest BCUT2D eigenvalue weighted by Crippen LogP contribution is 2.38. The first kappa shape index (κ1) is 17.8. The number of benzene rings is 1. The summed E-state index contributed by atoms with van der Waals surface area (Å²) >= 11 is 9.74. The molecule has 0 spiro atoms. The topological polar surface area (TPSA) is 73.6 Å². The van der Waals surface area contributed by atoms with Gasteiger partial charge in [-0.1, -0.05) is 27.5 Å². The van der Waals surface area contributed by atoms with E-state index in [1.165, 1.54) is 11.8 Å². The molecule has 1 aromatic carbocycles. The van der Waals surface area contributed by atoms with E-state index < -0.39 is 5.97 Å². The van der Waals surface area contributed by atoms with Crippen molar-refractivity contribution in [1.29, 1.82) is 0 Å². The quantitative estimate of drug-likeness (QED) is 0.750. The van der Waals surface area contributed by atoms with Crippen molar-refractivity contribution in [3.63, 3.8) is 0 Å². The molecular formula is C15H16BrClN2O4. The number of esters is 1. The Hall–Kier alpha value is -1.57. The van der Waals surface area contributed by atoms with Crippen LogP contribution in [0, 0.1) is 0 Å². The predicted octanol–water partition coefficient (Wildman–Crippen LogP) is 3.14. The van der Waals surface area contributed by atoms with Gasteiger partial charge < -0.3 is 14.6 Å². The van der Waals surface area contributed by atoms with Crippen LogP contribution in [0.4, 0.5) is 0 Å². The molecule has 1 heterocycles. The Labute approximate surface area is 147 Å². The molecule has 0 aliphatic heterocycles. The summed E-state index contributed by atoms with van der Waals surface area (Å²) in [7, 11) is 1.54. The van der Waals surface area contributed by atoms with Crippen LogP contribution in [0.1, 0.15) is 17.4 Å². The summed E-state index contributed by atoms with van der Waals surface area (Å²) < 4.78 is 12.7. The van der Waals surface area contributed by atoms with Crippen LogP contribution in [0.5, 0.6) is 5.75 Å². The van der Waals surface area contributed by atoms with Crippen molar-refractivity contribution in [2.45, 2.75) is 13.5 Å². The molecule has 6 nitrogen and oxygen atoms in total. The lowest BCUT2D eigenvalue weighted by Gasteiger charge is -2.11. The Balaban J connectivity index is 2.63. The zero-order valence-electron chi connectivity index (χ0n) is 12.7. The van der Waals surface area contributed by atoms with Gasteiger partial charge in [0, 0.05) is 10.0 Å². The zero-order chi connectivity index (χ0) is 17.0. The molecule has 0 amide bonds. The first-order chi connectivity index (χ1) is 11.0. The molecule has 1 N–H and O–H groups in total. The molecule has 0 unspecified atom stereocenters. The number of aliphatic hydroxyl groups excluding tert-OH is 1. The Morgan fingerprint density at radius 3 is 2.83 bits per heavy atom. The normalized spacial score (nSPS) is 10.7. The molecule has 0 saturated heterocycles. The molecule has 0 saturated carbocycles. The highest BCUT2D eigenvalue weighted by molar-refractivity contribution is 9.10. The van der Waals surface area contributed by atoms with Crippen molar-refractivity contribution in [2.75, 3.05) is 20.3 Å². The molecule has 0 atom stereocenters. The Morgan fingerprint density at radius 2 is 2.22 bits per heavy atom. The minimum absolute atomic E-state index is 0.0157. The molecule has 124 valence electrons. The smallest absolute Gasteiger partial charge is 0.360 e. The summed E-state index contributed by atoms with van der Waals surface area (Å²) in [6, 6.07) is 5.41. The van der Waals surface area contributed by atoms with E-state index >= 15 is 0 Å². The zero-order valence-corrected chi connectivity index (χ0v) is 15.0. The summed E-state index contributed by atoms with van der Waals surface area (Å²) in [6.07, 6.45) is 0. The molecule has 2 aromatic rings. The lowest BCUT2D eigenvalue weighted by molar-refractivity contribution is 0.0518. The third-order valence-electron chi connectivity index (χ3n) is 3.09. The minimum atomic E-state index is -0.605. The van der Waals surface area contributed by atoms with Crippen molar-refractivity contribution < 1.29 is 19.4 Å². The van der Waals surface area contributed by atoms with E-state index in [0.29, 0.717) is 17.0 Å². The first-order valence-electron chi connectivity index (χ1n) is 6.91. The standard InChI is InChI=1S/C15H16BrClN2O4/c1-3-23-15(21)13-12(17)14(19(18-13)6-7-20)10-5-4-9(16)8-11(10)22-2/h4-5,8,20H,3,6-7H2,1-2H3. The van der Waals surface area contributed by atoms with Crippen LogP contribution >= 0.6 is 27.5 Å². The maximum atomic E-state index is 12.0. The van der Waals surface area contributed by atoms with E-state index in [2.05, 4.69) is 21.0 Å². The molecule has 0 radical (unpaired) electrons. The van der Waals surface area contributed by atoms with E-state index in [-0.39, 0.29) is 30.5 Å². The number of aliphatic hydroxyl groups is 1. The van der Waals surface area contributed by atoms with Gasteiger partial charge >= 0.3 is 5.97 Å². The van der Waals surface area contributed by atoms with E-state index in [0.717, 1.165) is 4.47 Å². The highest BCUT2D eigenvalue weighted by atomic mass is 79.9. The second-order valence-corrected chi connectivity index (χ2v) is 5.82. The van der Waals surface area contributed by atoms with E-state index in [4.69, 9.17) is 21.1 Å². The Bertz CT molecular complexity index is 718. The number of nitrogens with zero attached hydrogens (tertiary/aromatic N) is 2. The van der Waals surface area contributed by atoms with Crippen LogP contribution in [-0.2, 0) is 11.3 Å². The number of halogens is 2. The molecule has 8 heteroatoms. The van der Waals surface area contributed by atoms with Gasteiger partial charge in [0.25, 0.3) is 0 Å². The number of methoxy groups -OCH3 is 1. The highest BCUT2D eigenvalue weighted by Gasteiger charge is 2.25. The van der Waals surface area contributed by atoms with Crippen LogP contribution in [0.3, 0.4) is 0 Å². The summed E-state index contributed by atoms with van der Waals surface area (Å²) in [4.78, 5) is 12.0. The molecule has 0 aliphatic carbocycles.